The number of phenols is 1. The monoisotopic (exact) mass is 454 g/mol. The molecule has 4 rings (SSSR count). The average molecular weight is 455 g/mol. The fourth-order valence-electron chi connectivity index (χ4n) is 3.99. The molecule has 0 spiro atoms. The van der Waals surface area contributed by atoms with Crippen LogP contribution in [0, 0.1) is 6.92 Å². The number of sulfone groups is 1. The quantitative estimate of drug-likeness (QED) is 0.586. The highest BCUT2D eigenvalue weighted by Gasteiger charge is 2.25. The zero-order valence-electron chi connectivity index (χ0n) is 17.9. The molecule has 1 aliphatic heterocycles. The first-order valence-electron chi connectivity index (χ1n) is 10.4. The van der Waals surface area contributed by atoms with E-state index in [9.17, 15) is 18.3 Å². The fraction of sp³-hybridized carbons (Fsp3) is 0.304. The summed E-state index contributed by atoms with van der Waals surface area (Å²) in [7, 11) is -3.00. The topological polar surface area (TPSA) is 119 Å². The van der Waals surface area contributed by atoms with E-state index in [1.807, 2.05) is 48.4 Å². The maximum atomic E-state index is 12.0. The molecule has 3 aromatic rings. The van der Waals surface area contributed by atoms with Crippen molar-refractivity contribution in [1.29, 1.82) is 0 Å². The highest BCUT2D eigenvalue weighted by Crippen LogP contribution is 2.31. The summed E-state index contributed by atoms with van der Waals surface area (Å²) in [4.78, 5) is 14.0. The van der Waals surface area contributed by atoms with Gasteiger partial charge in [0.2, 0.25) is 0 Å². The third-order valence-electron chi connectivity index (χ3n) is 5.98. The number of nitrogens with zero attached hydrogens (tertiary/aromatic N) is 3. The summed E-state index contributed by atoms with van der Waals surface area (Å²) in [6, 6.07) is 11.5. The van der Waals surface area contributed by atoms with E-state index in [0.29, 0.717) is 31.6 Å². The highest BCUT2D eigenvalue weighted by molar-refractivity contribution is 7.91. The number of hydrogen-bond donors (Lipinski definition) is 2. The van der Waals surface area contributed by atoms with Crippen molar-refractivity contribution in [1.82, 2.24) is 14.7 Å². The van der Waals surface area contributed by atoms with Gasteiger partial charge in [-0.2, -0.15) is 5.10 Å². The summed E-state index contributed by atoms with van der Waals surface area (Å²) in [6.07, 6.45) is 4.15. The van der Waals surface area contributed by atoms with Crippen LogP contribution >= 0.6 is 0 Å². The molecule has 1 aromatic heterocycles. The van der Waals surface area contributed by atoms with Crippen LogP contribution in [0.2, 0.25) is 0 Å². The standard InChI is InChI=1S/C23H26N4O4S/c1-16-18(13-17-3-5-19(6-4-17)27-8-2-7-25-27)14-20(23(24)29)22(28)21(16)15-26-9-11-32(30,31)12-10-26/h2-8,14,28H,9-13,15H2,1H3,(H2,24,29). The number of amides is 1. The Kier molecular flexibility index (Phi) is 6.03. The molecule has 168 valence electrons. The van der Waals surface area contributed by atoms with Crippen molar-refractivity contribution in [3.63, 3.8) is 0 Å². The van der Waals surface area contributed by atoms with Gasteiger partial charge in [-0.3, -0.25) is 9.69 Å². The molecular formula is C23H26N4O4S. The zero-order chi connectivity index (χ0) is 22.9. The Morgan fingerprint density at radius 2 is 1.88 bits per heavy atom. The molecule has 2 heterocycles. The van der Waals surface area contributed by atoms with Crippen LogP contribution in [0.25, 0.3) is 5.69 Å². The van der Waals surface area contributed by atoms with Crippen LogP contribution in [-0.2, 0) is 22.8 Å². The van der Waals surface area contributed by atoms with Gasteiger partial charge in [-0.05, 0) is 54.3 Å². The molecule has 9 heteroatoms. The minimum absolute atomic E-state index is 0.0818. The summed E-state index contributed by atoms with van der Waals surface area (Å²) in [5.41, 5.74) is 9.98. The van der Waals surface area contributed by atoms with Crippen LogP contribution in [0.5, 0.6) is 5.75 Å². The van der Waals surface area contributed by atoms with Gasteiger partial charge in [0.15, 0.2) is 9.84 Å². The van der Waals surface area contributed by atoms with Gasteiger partial charge in [-0.25, -0.2) is 13.1 Å². The molecule has 0 unspecified atom stereocenters. The normalized spacial score (nSPS) is 16.2. The Hall–Kier alpha value is -3.17. The van der Waals surface area contributed by atoms with E-state index in [0.717, 1.165) is 22.4 Å². The SMILES string of the molecule is Cc1c(Cc2ccc(-n3cccn3)cc2)cc(C(N)=O)c(O)c1CN1CCS(=O)(=O)CC1. The van der Waals surface area contributed by atoms with Crippen molar-refractivity contribution in [2.24, 2.45) is 5.73 Å². The van der Waals surface area contributed by atoms with Crippen molar-refractivity contribution in [3.8, 4) is 11.4 Å². The van der Waals surface area contributed by atoms with Crippen LogP contribution < -0.4 is 5.73 Å². The molecule has 0 atom stereocenters. The number of hydrogen-bond acceptors (Lipinski definition) is 6. The number of carbonyl (C=O) groups excluding carboxylic acids is 1. The first-order valence-corrected chi connectivity index (χ1v) is 12.2. The minimum Gasteiger partial charge on any atom is -0.507 e. The van der Waals surface area contributed by atoms with Crippen molar-refractivity contribution in [2.45, 2.75) is 19.9 Å². The maximum absolute atomic E-state index is 12.0. The number of primary amides is 1. The second-order valence-electron chi connectivity index (χ2n) is 8.12. The lowest BCUT2D eigenvalue weighted by molar-refractivity contribution is 0.0997. The molecule has 2 aromatic carbocycles. The Labute approximate surface area is 187 Å². The average Bonchev–Trinajstić information content (AvgIpc) is 3.29. The molecule has 32 heavy (non-hydrogen) atoms. The van der Waals surface area contributed by atoms with Crippen LogP contribution in [-0.4, -0.2) is 58.7 Å². The molecule has 1 saturated heterocycles. The van der Waals surface area contributed by atoms with Crippen molar-refractivity contribution in [3.05, 3.63) is 76.6 Å². The van der Waals surface area contributed by atoms with Crippen molar-refractivity contribution < 1.29 is 18.3 Å². The smallest absolute Gasteiger partial charge is 0.252 e. The van der Waals surface area contributed by atoms with Gasteiger partial charge < -0.3 is 10.8 Å². The number of aromatic hydroxyl groups is 1. The maximum Gasteiger partial charge on any atom is 0.252 e. The van der Waals surface area contributed by atoms with E-state index in [1.54, 1.807) is 16.9 Å². The van der Waals surface area contributed by atoms with Gasteiger partial charge in [0.05, 0.1) is 22.8 Å². The number of carbonyl (C=O) groups is 1. The predicted octanol–water partition coefficient (Wildman–Crippen LogP) is 1.81. The number of aromatic nitrogens is 2. The molecule has 8 nitrogen and oxygen atoms in total. The zero-order valence-corrected chi connectivity index (χ0v) is 18.7. The number of benzene rings is 2. The first kappa shape index (κ1) is 22.0. The molecule has 1 fully saturated rings. The Bertz CT molecular complexity index is 1220. The van der Waals surface area contributed by atoms with E-state index in [-0.39, 0.29) is 22.8 Å². The summed E-state index contributed by atoms with van der Waals surface area (Å²) in [6.45, 7) is 3.06. The predicted molar refractivity (Wildman–Crippen MR) is 122 cm³/mol. The van der Waals surface area contributed by atoms with Crippen LogP contribution in [0.15, 0.2) is 48.8 Å². The van der Waals surface area contributed by atoms with E-state index in [4.69, 9.17) is 5.73 Å². The van der Waals surface area contributed by atoms with Crippen LogP contribution in [0.4, 0.5) is 0 Å². The van der Waals surface area contributed by atoms with Crippen LogP contribution in [0.3, 0.4) is 0 Å². The van der Waals surface area contributed by atoms with E-state index < -0.39 is 15.7 Å². The summed E-state index contributed by atoms with van der Waals surface area (Å²) < 4.78 is 25.3. The van der Waals surface area contributed by atoms with E-state index >= 15 is 0 Å². The molecule has 3 N–H and O–H groups in total. The number of rotatable bonds is 6. The molecule has 0 bridgehead atoms. The third-order valence-corrected chi connectivity index (χ3v) is 7.59. The second-order valence-corrected chi connectivity index (χ2v) is 10.4. The lowest BCUT2D eigenvalue weighted by Gasteiger charge is -2.28. The summed E-state index contributed by atoms with van der Waals surface area (Å²) in [5.74, 6) is -0.628. The van der Waals surface area contributed by atoms with Gasteiger partial charge in [-0.15, -0.1) is 0 Å². The van der Waals surface area contributed by atoms with E-state index in [2.05, 4.69) is 5.10 Å². The Morgan fingerprint density at radius 3 is 2.47 bits per heavy atom. The first-order chi connectivity index (χ1) is 15.2. The lowest BCUT2D eigenvalue weighted by Crippen LogP contribution is -2.39. The molecule has 1 aliphatic rings. The molecular weight excluding hydrogens is 428 g/mol. The van der Waals surface area contributed by atoms with Crippen molar-refractivity contribution in [2.75, 3.05) is 24.6 Å². The van der Waals surface area contributed by atoms with E-state index in [1.165, 1.54) is 0 Å². The van der Waals surface area contributed by atoms with Gasteiger partial charge >= 0.3 is 0 Å². The summed E-state index contributed by atoms with van der Waals surface area (Å²) >= 11 is 0. The number of nitrogens with two attached hydrogens (primary N) is 1. The second kappa shape index (κ2) is 8.76. The minimum atomic E-state index is -3.00. The van der Waals surface area contributed by atoms with Gasteiger partial charge in [-0.1, -0.05) is 12.1 Å². The summed E-state index contributed by atoms with van der Waals surface area (Å²) in [5, 5.41) is 15.0. The highest BCUT2D eigenvalue weighted by atomic mass is 32.2. The fourth-order valence-corrected chi connectivity index (χ4v) is 5.27. The lowest BCUT2D eigenvalue weighted by atomic mass is 9.92. The van der Waals surface area contributed by atoms with Crippen LogP contribution in [0.1, 0.15) is 32.6 Å². The van der Waals surface area contributed by atoms with Gasteiger partial charge in [0.25, 0.3) is 5.91 Å². The molecule has 0 radical (unpaired) electrons. The van der Waals surface area contributed by atoms with Crippen molar-refractivity contribution >= 4 is 15.7 Å². The Balaban J connectivity index is 1.62. The van der Waals surface area contributed by atoms with Gasteiger partial charge in [0.1, 0.15) is 5.75 Å². The Morgan fingerprint density at radius 1 is 1.19 bits per heavy atom. The molecule has 0 aliphatic carbocycles. The van der Waals surface area contributed by atoms with Gasteiger partial charge in [0, 0.05) is 37.6 Å². The largest absolute Gasteiger partial charge is 0.507 e. The third kappa shape index (κ3) is 4.68. The molecule has 1 amide bonds. The molecule has 0 saturated carbocycles.